The van der Waals surface area contributed by atoms with Crippen LogP contribution in [0.5, 0.6) is 5.75 Å². The minimum atomic E-state index is -3.67. The van der Waals surface area contributed by atoms with Gasteiger partial charge in [-0.3, -0.25) is 4.72 Å². The van der Waals surface area contributed by atoms with E-state index in [1.807, 2.05) is 13.0 Å². The van der Waals surface area contributed by atoms with Gasteiger partial charge in [0.05, 0.1) is 23.4 Å². The molecule has 2 aromatic rings. The maximum atomic E-state index is 12.4. The van der Waals surface area contributed by atoms with Gasteiger partial charge in [0.15, 0.2) is 0 Å². The molecule has 25 heavy (non-hydrogen) atoms. The second kappa shape index (κ2) is 7.74. The number of rotatable bonds is 7. The van der Waals surface area contributed by atoms with Crippen molar-refractivity contribution in [1.29, 1.82) is 0 Å². The molecule has 1 aromatic heterocycles. The third-order valence-corrected chi connectivity index (χ3v) is 5.54. The number of ether oxygens (including phenoxy) is 1. The molecule has 0 atom stereocenters. The van der Waals surface area contributed by atoms with E-state index < -0.39 is 10.0 Å². The fourth-order valence-corrected chi connectivity index (χ4v) is 3.93. The minimum Gasteiger partial charge on any atom is -0.494 e. The zero-order chi connectivity index (χ0) is 17.7. The lowest BCUT2D eigenvalue weighted by Gasteiger charge is -2.13. The highest BCUT2D eigenvalue weighted by Gasteiger charge is 2.16. The minimum absolute atomic E-state index is 0.172. The highest BCUT2D eigenvalue weighted by Crippen LogP contribution is 2.23. The van der Waals surface area contributed by atoms with Crippen LogP contribution in [0.4, 0.5) is 11.5 Å². The first-order valence-electron chi connectivity index (χ1n) is 8.55. The van der Waals surface area contributed by atoms with Gasteiger partial charge >= 0.3 is 0 Å². The maximum absolute atomic E-state index is 12.4. The Kier molecular flexibility index (Phi) is 5.43. The topological polar surface area (TPSA) is 80.3 Å². The molecule has 1 fully saturated rings. The normalized spacial score (nSPS) is 15.1. The second-order valence-electron chi connectivity index (χ2n) is 6.07. The van der Waals surface area contributed by atoms with Gasteiger partial charge in [-0.05, 0) is 56.2 Å². The molecule has 1 aromatic carbocycles. The Bertz CT molecular complexity index is 783. The quantitative estimate of drug-likeness (QED) is 0.787. The third-order valence-electron chi connectivity index (χ3n) is 4.17. The van der Waals surface area contributed by atoms with Gasteiger partial charge in [-0.25, -0.2) is 13.4 Å². The Labute approximate surface area is 148 Å². The van der Waals surface area contributed by atoms with Crippen molar-refractivity contribution in [2.24, 2.45) is 0 Å². The number of sulfonamides is 1. The van der Waals surface area contributed by atoms with Crippen LogP contribution in [0.15, 0.2) is 47.5 Å². The van der Waals surface area contributed by atoms with E-state index in [1.54, 1.807) is 24.4 Å². The van der Waals surface area contributed by atoms with Crippen molar-refractivity contribution in [2.45, 2.75) is 43.5 Å². The van der Waals surface area contributed by atoms with E-state index >= 15 is 0 Å². The SMILES string of the molecule is CCOc1ccc(S(=O)(=O)Nc2ccc(NC3CCCC3)cn2)cc1. The van der Waals surface area contributed by atoms with Gasteiger partial charge < -0.3 is 10.1 Å². The first-order valence-corrected chi connectivity index (χ1v) is 10.0. The first kappa shape index (κ1) is 17.5. The number of nitrogens with zero attached hydrogens (tertiary/aromatic N) is 1. The maximum Gasteiger partial charge on any atom is 0.263 e. The van der Waals surface area contributed by atoms with Gasteiger partial charge in [0.1, 0.15) is 11.6 Å². The molecule has 6 nitrogen and oxygen atoms in total. The van der Waals surface area contributed by atoms with Crippen molar-refractivity contribution in [3.05, 3.63) is 42.6 Å². The summed E-state index contributed by atoms with van der Waals surface area (Å²) in [6.07, 6.45) is 6.52. The number of hydrogen-bond donors (Lipinski definition) is 2. The van der Waals surface area contributed by atoms with Crippen LogP contribution in [0.2, 0.25) is 0 Å². The van der Waals surface area contributed by atoms with E-state index in [0.29, 0.717) is 24.2 Å². The highest BCUT2D eigenvalue weighted by molar-refractivity contribution is 7.92. The van der Waals surface area contributed by atoms with Crippen LogP contribution < -0.4 is 14.8 Å². The molecule has 0 bridgehead atoms. The molecule has 1 aliphatic carbocycles. The van der Waals surface area contributed by atoms with Crippen LogP contribution in [0.1, 0.15) is 32.6 Å². The summed E-state index contributed by atoms with van der Waals surface area (Å²) in [5.74, 6) is 0.938. The Morgan fingerprint density at radius 2 is 1.84 bits per heavy atom. The first-order chi connectivity index (χ1) is 12.1. The molecule has 3 rings (SSSR count). The molecular weight excluding hydrogens is 338 g/mol. The summed E-state index contributed by atoms with van der Waals surface area (Å²) in [5, 5.41) is 3.43. The van der Waals surface area contributed by atoms with Crippen LogP contribution in [0.25, 0.3) is 0 Å². The van der Waals surface area contributed by atoms with E-state index in [9.17, 15) is 8.42 Å². The van der Waals surface area contributed by atoms with E-state index in [-0.39, 0.29) is 4.90 Å². The van der Waals surface area contributed by atoms with E-state index in [4.69, 9.17) is 4.74 Å². The summed E-state index contributed by atoms with van der Waals surface area (Å²) in [6.45, 7) is 2.42. The predicted octanol–water partition coefficient (Wildman–Crippen LogP) is 3.64. The van der Waals surface area contributed by atoms with Crippen molar-refractivity contribution in [2.75, 3.05) is 16.6 Å². The molecular formula is C18H23N3O3S. The standard InChI is InChI=1S/C18H23N3O3S/c1-2-24-16-8-10-17(11-9-16)25(22,23)21-18-12-7-15(13-19-18)20-14-5-3-4-6-14/h7-14,20H,2-6H2,1H3,(H,19,21). The molecule has 0 radical (unpaired) electrons. The number of hydrogen-bond acceptors (Lipinski definition) is 5. The molecule has 2 N–H and O–H groups in total. The summed E-state index contributed by atoms with van der Waals surface area (Å²) in [4.78, 5) is 4.37. The Morgan fingerprint density at radius 1 is 1.12 bits per heavy atom. The van der Waals surface area contributed by atoms with Crippen LogP contribution >= 0.6 is 0 Å². The van der Waals surface area contributed by atoms with Crippen molar-refractivity contribution >= 4 is 21.5 Å². The third kappa shape index (κ3) is 4.63. The monoisotopic (exact) mass is 361 g/mol. The number of aromatic nitrogens is 1. The van der Waals surface area contributed by atoms with Gasteiger partial charge in [-0.2, -0.15) is 0 Å². The lowest BCUT2D eigenvalue weighted by atomic mass is 10.2. The van der Waals surface area contributed by atoms with Crippen molar-refractivity contribution in [1.82, 2.24) is 4.98 Å². The van der Waals surface area contributed by atoms with Crippen LogP contribution in [-0.4, -0.2) is 26.1 Å². The van der Waals surface area contributed by atoms with Crippen molar-refractivity contribution in [3.8, 4) is 5.75 Å². The zero-order valence-electron chi connectivity index (χ0n) is 14.2. The van der Waals surface area contributed by atoms with Crippen LogP contribution in [0, 0.1) is 0 Å². The summed E-state index contributed by atoms with van der Waals surface area (Å²) in [6, 6.07) is 10.3. The van der Waals surface area contributed by atoms with Gasteiger partial charge in [0.2, 0.25) is 0 Å². The fourth-order valence-electron chi connectivity index (χ4n) is 2.92. The highest BCUT2D eigenvalue weighted by atomic mass is 32.2. The Hall–Kier alpha value is -2.28. The number of benzene rings is 1. The van der Waals surface area contributed by atoms with Gasteiger partial charge in [-0.15, -0.1) is 0 Å². The lowest BCUT2D eigenvalue weighted by Crippen LogP contribution is -2.16. The zero-order valence-corrected chi connectivity index (χ0v) is 15.1. The molecule has 1 aliphatic rings. The molecule has 0 saturated heterocycles. The second-order valence-corrected chi connectivity index (χ2v) is 7.75. The lowest BCUT2D eigenvalue weighted by molar-refractivity contribution is 0.340. The summed E-state index contributed by atoms with van der Waals surface area (Å²) in [7, 11) is -3.67. The van der Waals surface area contributed by atoms with Crippen molar-refractivity contribution < 1.29 is 13.2 Å². The molecule has 0 aliphatic heterocycles. The fraction of sp³-hybridized carbons (Fsp3) is 0.389. The molecule has 134 valence electrons. The molecule has 0 spiro atoms. The predicted molar refractivity (Wildman–Crippen MR) is 98.5 cm³/mol. The summed E-state index contributed by atoms with van der Waals surface area (Å²) < 4.78 is 32.7. The Balaban J connectivity index is 1.65. The van der Waals surface area contributed by atoms with E-state index in [0.717, 1.165) is 5.69 Å². The molecule has 7 heteroatoms. The molecule has 0 amide bonds. The van der Waals surface area contributed by atoms with Gasteiger partial charge in [-0.1, -0.05) is 12.8 Å². The van der Waals surface area contributed by atoms with Crippen molar-refractivity contribution in [3.63, 3.8) is 0 Å². The summed E-state index contributed by atoms with van der Waals surface area (Å²) >= 11 is 0. The van der Waals surface area contributed by atoms with Crippen LogP contribution in [0.3, 0.4) is 0 Å². The van der Waals surface area contributed by atoms with Gasteiger partial charge in [0.25, 0.3) is 10.0 Å². The van der Waals surface area contributed by atoms with E-state index in [2.05, 4.69) is 15.0 Å². The van der Waals surface area contributed by atoms with Gasteiger partial charge in [0, 0.05) is 6.04 Å². The largest absolute Gasteiger partial charge is 0.494 e. The molecule has 1 heterocycles. The average Bonchev–Trinajstić information content (AvgIpc) is 3.10. The smallest absolute Gasteiger partial charge is 0.263 e. The summed E-state index contributed by atoms with van der Waals surface area (Å²) in [5.41, 5.74) is 0.913. The number of pyridine rings is 1. The van der Waals surface area contributed by atoms with Crippen LogP contribution in [-0.2, 0) is 10.0 Å². The number of nitrogens with one attached hydrogen (secondary N) is 2. The van der Waals surface area contributed by atoms with E-state index in [1.165, 1.54) is 37.8 Å². The number of anilines is 2. The average molecular weight is 361 g/mol. The Morgan fingerprint density at radius 3 is 2.44 bits per heavy atom. The molecule has 0 unspecified atom stereocenters. The molecule has 1 saturated carbocycles.